The van der Waals surface area contributed by atoms with Gasteiger partial charge in [0.05, 0.1) is 6.20 Å². The molecule has 19 heavy (non-hydrogen) atoms. The van der Waals surface area contributed by atoms with E-state index in [1.54, 1.807) is 6.20 Å². The third-order valence-electron chi connectivity index (χ3n) is 4.08. The summed E-state index contributed by atoms with van der Waals surface area (Å²) < 4.78 is 5.43. The number of aromatic nitrogens is 2. The first-order valence-corrected chi connectivity index (χ1v) is 6.85. The number of hydrogen-bond acceptors (Lipinski definition) is 3. The highest BCUT2D eigenvalue weighted by Gasteiger charge is 2.44. The van der Waals surface area contributed by atoms with E-state index < -0.39 is 0 Å². The zero-order valence-electron chi connectivity index (χ0n) is 11.4. The molecule has 0 spiro atoms. The van der Waals surface area contributed by atoms with Crippen molar-refractivity contribution in [2.45, 2.75) is 44.4 Å². The van der Waals surface area contributed by atoms with Crippen LogP contribution in [0.4, 0.5) is 0 Å². The molecule has 0 saturated heterocycles. The largest absolute Gasteiger partial charge is 0.361 e. The summed E-state index contributed by atoms with van der Waals surface area (Å²) in [5.74, 6) is 1.00. The van der Waals surface area contributed by atoms with E-state index in [1.807, 2.05) is 12.3 Å². The molecule has 0 fully saturated rings. The molecule has 100 valence electrons. The van der Waals surface area contributed by atoms with Crippen molar-refractivity contribution in [3.63, 3.8) is 0 Å². The zero-order valence-corrected chi connectivity index (χ0v) is 12.2. The van der Waals surface area contributed by atoms with Crippen LogP contribution in [0.3, 0.4) is 0 Å². The van der Waals surface area contributed by atoms with Gasteiger partial charge in [-0.1, -0.05) is 43.6 Å². The molecule has 1 aliphatic carbocycles. The Kier molecular flexibility index (Phi) is 2.72. The third-order valence-corrected chi connectivity index (χ3v) is 4.38. The lowest BCUT2D eigenvalue weighted by Gasteiger charge is -2.41. The summed E-state index contributed by atoms with van der Waals surface area (Å²) in [6.45, 7) is 6.63. The SMILES string of the molecule is CC1(C)CC(C)(c2cccnc2Cl)Cc2cnoc21. The lowest BCUT2D eigenvalue weighted by atomic mass is 9.62. The highest BCUT2D eigenvalue weighted by Crippen LogP contribution is 2.48. The first-order valence-electron chi connectivity index (χ1n) is 6.47. The smallest absolute Gasteiger partial charge is 0.145 e. The van der Waals surface area contributed by atoms with Gasteiger partial charge in [0.2, 0.25) is 0 Å². The number of fused-ring (bicyclic) bond motifs is 1. The van der Waals surface area contributed by atoms with Crippen LogP contribution in [0, 0.1) is 0 Å². The summed E-state index contributed by atoms with van der Waals surface area (Å²) >= 11 is 6.29. The van der Waals surface area contributed by atoms with E-state index in [9.17, 15) is 0 Å². The van der Waals surface area contributed by atoms with E-state index in [-0.39, 0.29) is 10.8 Å². The quantitative estimate of drug-likeness (QED) is 0.742. The minimum atomic E-state index is -0.0436. The van der Waals surface area contributed by atoms with Gasteiger partial charge in [0.25, 0.3) is 0 Å². The van der Waals surface area contributed by atoms with E-state index in [0.717, 1.165) is 24.2 Å². The Morgan fingerprint density at radius 3 is 2.84 bits per heavy atom. The molecule has 0 aliphatic heterocycles. The van der Waals surface area contributed by atoms with Gasteiger partial charge in [-0.25, -0.2) is 4.98 Å². The van der Waals surface area contributed by atoms with E-state index in [2.05, 4.69) is 37.0 Å². The van der Waals surface area contributed by atoms with Crippen LogP contribution in [0.25, 0.3) is 0 Å². The molecule has 3 rings (SSSR count). The highest BCUT2D eigenvalue weighted by atomic mass is 35.5. The van der Waals surface area contributed by atoms with Gasteiger partial charge in [-0.2, -0.15) is 0 Å². The Morgan fingerprint density at radius 1 is 1.32 bits per heavy atom. The van der Waals surface area contributed by atoms with Crippen LogP contribution in [-0.4, -0.2) is 10.1 Å². The Balaban J connectivity index is 2.11. The van der Waals surface area contributed by atoms with Crippen molar-refractivity contribution in [2.24, 2.45) is 0 Å². The van der Waals surface area contributed by atoms with Crippen molar-refractivity contribution in [2.75, 3.05) is 0 Å². The Hall–Kier alpha value is -1.35. The summed E-state index contributed by atoms with van der Waals surface area (Å²) in [4.78, 5) is 4.22. The molecule has 0 saturated carbocycles. The molecule has 0 radical (unpaired) electrons. The second-order valence-corrected chi connectivity index (χ2v) is 6.68. The van der Waals surface area contributed by atoms with E-state index in [0.29, 0.717) is 5.15 Å². The van der Waals surface area contributed by atoms with Crippen molar-refractivity contribution >= 4 is 11.6 Å². The minimum absolute atomic E-state index is 0.0343. The van der Waals surface area contributed by atoms with Crippen molar-refractivity contribution in [3.05, 3.63) is 46.6 Å². The predicted molar refractivity (Wildman–Crippen MR) is 74.4 cm³/mol. The van der Waals surface area contributed by atoms with Crippen molar-refractivity contribution in [1.82, 2.24) is 10.1 Å². The van der Waals surface area contributed by atoms with Crippen LogP contribution in [0.1, 0.15) is 44.1 Å². The molecule has 0 amide bonds. The second kappa shape index (κ2) is 4.07. The average Bonchev–Trinajstić information content (AvgIpc) is 2.77. The number of pyridine rings is 1. The molecule has 1 unspecified atom stereocenters. The molecule has 2 heterocycles. The number of rotatable bonds is 1. The topological polar surface area (TPSA) is 38.9 Å². The Bertz CT molecular complexity index is 620. The average molecular weight is 277 g/mol. The summed E-state index contributed by atoms with van der Waals surface area (Å²) in [7, 11) is 0. The number of hydrogen-bond donors (Lipinski definition) is 0. The van der Waals surface area contributed by atoms with Crippen LogP contribution in [0.15, 0.2) is 29.0 Å². The maximum Gasteiger partial charge on any atom is 0.145 e. The van der Waals surface area contributed by atoms with Crippen LogP contribution >= 0.6 is 11.6 Å². The fourth-order valence-corrected chi connectivity index (χ4v) is 3.86. The highest BCUT2D eigenvalue weighted by molar-refractivity contribution is 6.30. The van der Waals surface area contributed by atoms with E-state index in [1.165, 1.54) is 5.56 Å². The molecule has 0 bridgehead atoms. The maximum atomic E-state index is 6.29. The third kappa shape index (κ3) is 1.96. The van der Waals surface area contributed by atoms with Gasteiger partial charge in [0, 0.05) is 22.6 Å². The van der Waals surface area contributed by atoms with Crippen LogP contribution in [0.2, 0.25) is 5.15 Å². The molecule has 3 nitrogen and oxygen atoms in total. The fourth-order valence-electron chi connectivity index (χ4n) is 3.51. The standard InChI is InChI=1S/C15H17ClN2O/c1-14(2)9-15(3,7-10-8-18-19-12(10)14)11-5-4-6-17-13(11)16/h4-6,8H,7,9H2,1-3H3. The van der Waals surface area contributed by atoms with E-state index in [4.69, 9.17) is 16.1 Å². The Labute approximate surface area is 118 Å². The molecule has 2 aromatic rings. The lowest BCUT2D eigenvalue weighted by molar-refractivity contribution is 0.231. The summed E-state index contributed by atoms with van der Waals surface area (Å²) in [6.07, 6.45) is 5.42. The minimum Gasteiger partial charge on any atom is -0.361 e. The van der Waals surface area contributed by atoms with Crippen LogP contribution in [0.5, 0.6) is 0 Å². The van der Waals surface area contributed by atoms with Crippen molar-refractivity contribution in [3.8, 4) is 0 Å². The molecule has 1 atom stereocenters. The van der Waals surface area contributed by atoms with Crippen molar-refractivity contribution in [1.29, 1.82) is 0 Å². The van der Waals surface area contributed by atoms with Gasteiger partial charge in [-0.05, 0) is 24.5 Å². The van der Waals surface area contributed by atoms with Gasteiger partial charge >= 0.3 is 0 Å². The van der Waals surface area contributed by atoms with Crippen molar-refractivity contribution < 1.29 is 4.52 Å². The maximum absolute atomic E-state index is 6.29. The monoisotopic (exact) mass is 276 g/mol. The molecule has 1 aliphatic rings. The normalized spacial score (nSPS) is 25.1. The molecule has 0 aromatic carbocycles. The van der Waals surface area contributed by atoms with Gasteiger partial charge in [0.15, 0.2) is 0 Å². The number of halogens is 1. The molecule has 4 heteroatoms. The van der Waals surface area contributed by atoms with Gasteiger partial charge in [0.1, 0.15) is 10.9 Å². The first-order chi connectivity index (χ1) is 8.92. The molecular formula is C15H17ClN2O. The van der Waals surface area contributed by atoms with Gasteiger partial charge in [-0.3, -0.25) is 0 Å². The van der Waals surface area contributed by atoms with Gasteiger partial charge in [-0.15, -0.1) is 0 Å². The lowest BCUT2D eigenvalue weighted by Crippen LogP contribution is -2.39. The van der Waals surface area contributed by atoms with E-state index >= 15 is 0 Å². The van der Waals surface area contributed by atoms with Gasteiger partial charge < -0.3 is 4.52 Å². The fraction of sp³-hybridized carbons (Fsp3) is 0.467. The predicted octanol–water partition coefficient (Wildman–Crippen LogP) is 3.90. The summed E-state index contributed by atoms with van der Waals surface area (Å²) in [5, 5.41) is 4.56. The number of nitrogens with zero attached hydrogens (tertiary/aromatic N) is 2. The Morgan fingerprint density at radius 2 is 2.11 bits per heavy atom. The van der Waals surface area contributed by atoms with Crippen LogP contribution < -0.4 is 0 Å². The molecule has 0 N–H and O–H groups in total. The van der Waals surface area contributed by atoms with Crippen LogP contribution in [-0.2, 0) is 17.3 Å². The summed E-state index contributed by atoms with van der Waals surface area (Å²) in [6, 6.07) is 4.02. The zero-order chi connectivity index (χ0) is 13.7. The molecule has 2 aromatic heterocycles. The second-order valence-electron chi connectivity index (χ2n) is 6.32. The molecular weight excluding hydrogens is 260 g/mol. The first kappa shape index (κ1) is 12.7. The summed E-state index contributed by atoms with van der Waals surface area (Å²) in [5.41, 5.74) is 2.21.